The molecule has 4 atom stereocenters. The van der Waals surface area contributed by atoms with E-state index in [1.165, 1.54) is 10.5 Å². The van der Waals surface area contributed by atoms with Gasteiger partial charge in [0.05, 0.1) is 23.6 Å². The topological polar surface area (TPSA) is 57.7 Å². The van der Waals surface area contributed by atoms with E-state index >= 15 is 0 Å². The molecule has 3 heterocycles. The van der Waals surface area contributed by atoms with E-state index in [9.17, 15) is 14.4 Å². The molecule has 2 bridgehead atoms. The number of nitrogens with zero attached hydrogens (tertiary/aromatic N) is 2. The zero-order chi connectivity index (χ0) is 21.9. The molecule has 0 aromatic heterocycles. The Morgan fingerprint density at radius 3 is 2.13 bits per heavy atom. The molecule has 158 valence electrons. The van der Waals surface area contributed by atoms with Crippen molar-refractivity contribution >= 4 is 23.3 Å². The van der Waals surface area contributed by atoms with Crippen LogP contribution >= 0.6 is 0 Å². The van der Waals surface area contributed by atoms with Gasteiger partial charge in [0.2, 0.25) is 11.8 Å². The predicted octanol–water partition coefficient (Wildman–Crippen LogP) is 3.48. The van der Waals surface area contributed by atoms with Gasteiger partial charge in [0.25, 0.3) is 0 Å². The van der Waals surface area contributed by atoms with Crippen LogP contribution in [0.3, 0.4) is 0 Å². The average molecular weight is 415 g/mol. The lowest BCUT2D eigenvalue weighted by atomic mass is 9.86. The molecular formula is C26H26N2O3. The molecule has 5 rings (SSSR count). The highest BCUT2D eigenvalue weighted by Gasteiger charge is 2.64. The molecule has 0 N–H and O–H groups in total. The number of hydrogen-bond donors (Lipinski definition) is 0. The minimum absolute atomic E-state index is 0.0676. The van der Waals surface area contributed by atoms with Crippen molar-refractivity contribution in [3.8, 4) is 0 Å². The Labute approximate surface area is 182 Å². The van der Waals surface area contributed by atoms with E-state index in [1.54, 1.807) is 18.2 Å². The van der Waals surface area contributed by atoms with Crippen molar-refractivity contribution in [2.24, 2.45) is 11.8 Å². The first-order valence-electron chi connectivity index (χ1n) is 10.8. The van der Waals surface area contributed by atoms with Crippen molar-refractivity contribution in [3.63, 3.8) is 0 Å². The second-order valence-electron chi connectivity index (χ2n) is 9.72. The van der Waals surface area contributed by atoms with Gasteiger partial charge in [0, 0.05) is 12.6 Å². The quantitative estimate of drug-likeness (QED) is 0.722. The van der Waals surface area contributed by atoms with Crippen molar-refractivity contribution in [2.45, 2.75) is 44.8 Å². The number of anilines is 1. The number of fused-ring (bicyclic) bond motifs is 5. The third kappa shape index (κ3) is 3.07. The summed E-state index contributed by atoms with van der Waals surface area (Å²) in [4.78, 5) is 42.9. The summed E-state index contributed by atoms with van der Waals surface area (Å²) in [5, 5.41) is 0. The Morgan fingerprint density at radius 1 is 0.839 bits per heavy atom. The van der Waals surface area contributed by atoms with Gasteiger partial charge < -0.3 is 0 Å². The smallest absolute Gasteiger partial charge is 0.239 e. The summed E-state index contributed by atoms with van der Waals surface area (Å²) >= 11 is 0. The fourth-order valence-electron chi connectivity index (χ4n) is 5.22. The number of ketones is 1. The summed E-state index contributed by atoms with van der Waals surface area (Å²) in [6.07, 6.45) is 3.37. The summed E-state index contributed by atoms with van der Waals surface area (Å²) in [6.45, 7) is 7.06. The lowest BCUT2D eigenvalue weighted by molar-refractivity contribution is -0.129. The third-order valence-electron chi connectivity index (χ3n) is 6.80. The third-order valence-corrected chi connectivity index (χ3v) is 6.80. The molecule has 2 aromatic carbocycles. The molecule has 5 nitrogen and oxygen atoms in total. The maximum Gasteiger partial charge on any atom is 0.239 e. The van der Waals surface area contributed by atoms with Crippen LogP contribution in [0, 0.1) is 11.8 Å². The summed E-state index contributed by atoms with van der Waals surface area (Å²) in [5.74, 6) is -1.71. The minimum Gasteiger partial charge on any atom is -0.293 e. The number of amides is 2. The Balaban J connectivity index is 1.46. The van der Waals surface area contributed by atoms with Crippen LogP contribution in [-0.2, 0) is 26.3 Å². The first-order valence-corrected chi connectivity index (χ1v) is 10.8. The second-order valence-corrected chi connectivity index (χ2v) is 9.72. The zero-order valence-electron chi connectivity index (χ0n) is 18.0. The van der Waals surface area contributed by atoms with Crippen LogP contribution < -0.4 is 4.90 Å². The number of rotatable bonds is 3. The maximum atomic E-state index is 13.3. The van der Waals surface area contributed by atoms with E-state index in [1.807, 2.05) is 29.2 Å². The molecule has 3 aliphatic heterocycles. The van der Waals surface area contributed by atoms with Crippen molar-refractivity contribution in [3.05, 3.63) is 77.9 Å². The van der Waals surface area contributed by atoms with E-state index in [2.05, 4.69) is 45.0 Å². The van der Waals surface area contributed by atoms with Gasteiger partial charge in [-0.3, -0.25) is 19.3 Å². The van der Waals surface area contributed by atoms with Gasteiger partial charge in [-0.25, -0.2) is 4.90 Å². The van der Waals surface area contributed by atoms with Gasteiger partial charge in [-0.1, -0.05) is 69.3 Å². The highest BCUT2D eigenvalue weighted by molar-refractivity contribution is 6.24. The van der Waals surface area contributed by atoms with Crippen molar-refractivity contribution in [1.29, 1.82) is 0 Å². The Morgan fingerprint density at radius 2 is 1.48 bits per heavy atom. The van der Waals surface area contributed by atoms with Crippen molar-refractivity contribution < 1.29 is 14.4 Å². The van der Waals surface area contributed by atoms with Crippen LogP contribution in [0.5, 0.6) is 0 Å². The molecule has 0 saturated carbocycles. The second kappa shape index (κ2) is 6.99. The SMILES string of the molecule is CC(C)(C)c1ccc(CN2[C@H]3C=CC(=O)[C@H]2[C@H]2C(=O)N(c4ccccc4)C(=O)[C@H]23)cc1. The minimum atomic E-state index is -0.631. The molecule has 0 aliphatic carbocycles. The van der Waals surface area contributed by atoms with Crippen LogP contribution in [0.2, 0.25) is 0 Å². The molecule has 2 amide bonds. The molecule has 0 unspecified atom stereocenters. The molecule has 31 heavy (non-hydrogen) atoms. The summed E-state index contributed by atoms with van der Waals surface area (Å²) in [6, 6.07) is 16.6. The fourth-order valence-corrected chi connectivity index (χ4v) is 5.22. The summed E-state index contributed by atoms with van der Waals surface area (Å²) in [5.41, 5.74) is 2.96. The van der Waals surface area contributed by atoms with E-state index in [4.69, 9.17) is 0 Å². The van der Waals surface area contributed by atoms with Gasteiger partial charge >= 0.3 is 0 Å². The molecule has 0 spiro atoms. The predicted molar refractivity (Wildman–Crippen MR) is 118 cm³/mol. The zero-order valence-corrected chi connectivity index (χ0v) is 18.0. The van der Waals surface area contributed by atoms with Crippen LogP contribution in [0.4, 0.5) is 5.69 Å². The van der Waals surface area contributed by atoms with Crippen LogP contribution in [0.15, 0.2) is 66.7 Å². The van der Waals surface area contributed by atoms with Gasteiger partial charge in [-0.05, 0) is 34.8 Å². The highest BCUT2D eigenvalue weighted by atomic mass is 16.2. The lowest BCUT2D eigenvalue weighted by Gasteiger charge is -2.33. The number of carbonyl (C=O) groups is 3. The van der Waals surface area contributed by atoms with Crippen molar-refractivity contribution in [1.82, 2.24) is 4.90 Å². The molecule has 0 radical (unpaired) electrons. The highest BCUT2D eigenvalue weighted by Crippen LogP contribution is 2.47. The van der Waals surface area contributed by atoms with E-state index in [-0.39, 0.29) is 29.1 Å². The number of carbonyl (C=O) groups excluding carboxylic acids is 3. The first-order chi connectivity index (χ1) is 14.8. The normalized spacial score (nSPS) is 27.8. The van der Waals surface area contributed by atoms with Gasteiger partial charge in [0.1, 0.15) is 0 Å². The number of benzene rings is 2. The molecule has 3 aliphatic rings. The Kier molecular flexibility index (Phi) is 4.48. The van der Waals surface area contributed by atoms with Crippen LogP contribution in [0.25, 0.3) is 0 Å². The summed E-state index contributed by atoms with van der Waals surface area (Å²) < 4.78 is 0. The lowest BCUT2D eigenvalue weighted by Crippen LogP contribution is -2.48. The molecule has 5 heteroatoms. The molecule has 2 fully saturated rings. The Bertz CT molecular complexity index is 1080. The van der Waals surface area contributed by atoms with Crippen LogP contribution in [-0.4, -0.2) is 34.6 Å². The van der Waals surface area contributed by atoms with E-state index in [0.29, 0.717) is 12.2 Å². The molecule has 2 saturated heterocycles. The van der Waals surface area contributed by atoms with Gasteiger partial charge in [-0.2, -0.15) is 0 Å². The standard InChI is InChI=1S/C26H26N2O3/c1-26(2,3)17-11-9-16(10-12-17)15-27-19-13-14-20(29)23(27)22-21(19)24(30)28(25(22)31)18-7-5-4-6-8-18/h4-14,19,21-23H,15H2,1-3H3/t19-,21-,22-,23-/m0/s1. The number of hydrogen-bond acceptors (Lipinski definition) is 4. The van der Waals surface area contributed by atoms with Crippen molar-refractivity contribution in [2.75, 3.05) is 4.90 Å². The number of para-hydroxylation sites is 1. The van der Waals surface area contributed by atoms with Gasteiger partial charge in [-0.15, -0.1) is 0 Å². The first kappa shape index (κ1) is 19.9. The molecular weight excluding hydrogens is 388 g/mol. The van der Waals surface area contributed by atoms with E-state index in [0.717, 1.165) is 5.56 Å². The summed E-state index contributed by atoms with van der Waals surface area (Å²) in [7, 11) is 0. The largest absolute Gasteiger partial charge is 0.293 e. The van der Waals surface area contributed by atoms with E-state index < -0.39 is 17.9 Å². The molecule has 2 aromatic rings. The fraction of sp³-hybridized carbons (Fsp3) is 0.346. The maximum absolute atomic E-state index is 13.3. The monoisotopic (exact) mass is 414 g/mol. The van der Waals surface area contributed by atoms with Crippen LogP contribution in [0.1, 0.15) is 31.9 Å². The average Bonchev–Trinajstić information content (AvgIpc) is 3.12. The van der Waals surface area contributed by atoms with Gasteiger partial charge in [0.15, 0.2) is 5.78 Å². The Hall–Kier alpha value is -3.05. The number of imide groups is 1.